The van der Waals surface area contributed by atoms with Crippen LogP contribution >= 0.6 is 12.2 Å². The van der Waals surface area contributed by atoms with Crippen LogP contribution in [-0.2, 0) is 0 Å². The van der Waals surface area contributed by atoms with Gasteiger partial charge in [-0.1, -0.05) is 6.07 Å². The summed E-state index contributed by atoms with van der Waals surface area (Å²) in [7, 11) is 4.11. The highest BCUT2D eigenvalue weighted by atomic mass is 32.1. The Bertz CT molecular complexity index is 978. The van der Waals surface area contributed by atoms with E-state index in [1.807, 2.05) is 18.3 Å². The largest absolute Gasteiger partial charge is 0.378 e. The third kappa shape index (κ3) is 3.60. The van der Waals surface area contributed by atoms with Gasteiger partial charge in [0.25, 0.3) is 0 Å². The van der Waals surface area contributed by atoms with E-state index in [4.69, 9.17) is 12.2 Å². The SMILES string of the molecule is CC(C)N1C(=S)N[C@@H](c2ccccn2)[C@@H]1c1cccn1-c1ccc(N(C)C)cc1. The summed E-state index contributed by atoms with van der Waals surface area (Å²) < 4.78 is 2.26. The minimum absolute atomic E-state index is 0.000739. The van der Waals surface area contributed by atoms with Crippen LogP contribution in [0.3, 0.4) is 0 Å². The molecule has 6 heteroatoms. The zero-order valence-corrected chi connectivity index (χ0v) is 18.1. The lowest BCUT2D eigenvalue weighted by atomic mass is 10.0. The quantitative estimate of drug-likeness (QED) is 0.640. The molecule has 1 aliphatic heterocycles. The van der Waals surface area contributed by atoms with Crippen LogP contribution in [0.2, 0.25) is 0 Å². The number of benzene rings is 1. The molecule has 5 nitrogen and oxygen atoms in total. The molecule has 0 saturated carbocycles. The van der Waals surface area contributed by atoms with Crippen molar-refractivity contribution in [3.8, 4) is 5.69 Å². The van der Waals surface area contributed by atoms with E-state index in [2.05, 4.69) is 101 Å². The molecule has 2 atom stereocenters. The molecule has 0 aliphatic carbocycles. The van der Waals surface area contributed by atoms with Gasteiger partial charge < -0.3 is 19.7 Å². The fourth-order valence-corrected chi connectivity index (χ4v) is 4.47. The molecule has 150 valence electrons. The zero-order valence-electron chi connectivity index (χ0n) is 17.3. The molecule has 4 rings (SSSR count). The van der Waals surface area contributed by atoms with E-state index in [0.717, 1.165) is 16.5 Å². The molecule has 1 N–H and O–H groups in total. The van der Waals surface area contributed by atoms with Gasteiger partial charge in [-0.2, -0.15) is 0 Å². The summed E-state index contributed by atoms with van der Waals surface area (Å²) in [4.78, 5) is 9.01. The second-order valence-corrected chi connectivity index (χ2v) is 8.23. The maximum atomic E-state index is 5.72. The Kier molecular flexibility index (Phi) is 5.28. The van der Waals surface area contributed by atoms with Gasteiger partial charge in [-0.05, 0) is 74.6 Å². The van der Waals surface area contributed by atoms with E-state index in [1.165, 1.54) is 11.4 Å². The number of nitrogens with zero attached hydrogens (tertiary/aromatic N) is 4. The molecule has 2 aromatic heterocycles. The van der Waals surface area contributed by atoms with E-state index < -0.39 is 0 Å². The Morgan fingerprint density at radius 1 is 1.03 bits per heavy atom. The van der Waals surface area contributed by atoms with Crippen molar-refractivity contribution >= 4 is 23.0 Å². The van der Waals surface area contributed by atoms with Gasteiger partial charge in [0.1, 0.15) is 0 Å². The lowest BCUT2D eigenvalue weighted by molar-refractivity contribution is 0.262. The third-order valence-electron chi connectivity index (χ3n) is 5.42. The van der Waals surface area contributed by atoms with Gasteiger partial charge in [-0.15, -0.1) is 0 Å². The summed E-state index contributed by atoms with van der Waals surface area (Å²) in [6.07, 6.45) is 3.96. The first-order valence-electron chi connectivity index (χ1n) is 9.92. The first-order valence-corrected chi connectivity index (χ1v) is 10.3. The molecular weight excluding hydrogens is 378 g/mol. The Hall–Kier alpha value is -2.86. The molecular formula is C23H27N5S. The second-order valence-electron chi connectivity index (χ2n) is 7.84. The topological polar surface area (TPSA) is 36.3 Å². The number of nitrogens with one attached hydrogen (secondary N) is 1. The Morgan fingerprint density at radius 3 is 2.41 bits per heavy atom. The van der Waals surface area contributed by atoms with E-state index in [0.29, 0.717) is 0 Å². The average molecular weight is 406 g/mol. The van der Waals surface area contributed by atoms with Crippen LogP contribution in [0.25, 0.3) is 5.69 Å². The predicted octanol–water partition coefficient (Wildman–Crippen LogP) is 4.32. The number of rotatable bonds is 5. The smallest absolute Gasteiger partial charge is 0.170 e. The van der Waals surface area contributed by atoms with Crippen molar-refractivity contribution in [2.45, 2.75) is 32.0 Å². The van der Waals surface area contributed by atoms with Gasteiger partial charge in [-0.25, -0.2) is 0 Å². The molecule has 0 unspecified atom stereocenters. The van der Waals surface area contributed by atoms with E-state index in [1.54, 1.807) is 0 Å². The summed E-state index contributed by atoms with van der Waals surface area (Å²) in [5, 5.41) is 4.29. The molecule has 3 aromatic rings. The van der Waals surface area contributed by atoms with Gasteiger partial charge in [0.05, 0.1) is 17.8 Å². The van der Waals surface area contributed by atoms with Crippen LogP contribution < -0.4 is 10.2 Å². The van der Waals surface area contributed by atoms with Gasteiger partial charge in [0.15, 0.2) is 5.11 Å². The van der Waals surface area contributed by atoms with Crippen molar-refractivity contribution < 1.29 is 0 Å². The minimum Gasteiger partial charge on any atom is -0.378 e. The highest BCUT2D eigenvalue weighted by Gasteiger charge is 2.42. The summed E-state index contributed by atoms with van der Waals surface area (Å²) in [6.45, 7) is 4.36. The average Bonchev–Trinajstić information content (AvgIpc) is 3.32. The van der Waals surface area contributed by atoms with Gasteiger partial charge >= 0.3 is 0 Å². The molecule has 1 fully saturated rings. The minimum atomic E-state index is 0.000739. The first kappa shape index (κ1) is 19.5. The van der Waals surface area contributed by atoms with Crippen molar-refractivity contribution in [3.63, 3.8) is 0 Å². The van der Waals surface area contributed by atoms with Crippen LogP contribution in [0.15, 0.2) is 67.0 Å². The number of aromatic nitrogens is 2. The summed E-state index contributed by atoms with van der Waals surface area (Å²) in [6, 6.07) is 19.3. The highest BCUT2D eigenvalue weighted by Crippen LogP contribution is 2.40. The molecule has 0 amide bonds. The first-order chi connectivity index (χ1) is 14.0. The Morgan fingerprint density at radius 2 is 1.79 bits per heavy atom. The Labute approximate surface area is 178 Å². The van der Waals surface area contributed by atoms with Gasteiger partial charge in [0.2, 0.25) is 0 Å². The standard InChI is InChI=1S/C23H27N5S/c1-16(2)28-22(21(25-23(28)29)19-8-5-6-14-24-19)20-9-7-15-27(20)18-12-10-17(11-13-18)26(3)4/h5-16,21-22H,1-4H3,(H,25,29)/t21-,22-/m0/s1. The van der Waals surface area contributed by atoms with Crippen LogP contribution in [0, 0.1) is 0 Å². The predicted molar refractivity (Wildman–Crippen MR) is 123 cm³/mol. The maximum Gasteiger partial charge on any atom is 0.170 e. The zero-order chi connectivity index (χ0) is 20.5. The van der Waals surface area contributed by atoms with Crippen molar-refractivity contribution in [2.24, 2.45) is 0 Å². The number of anilines is 1. The summed E-state index contributed by atoms with van der Waals surface area (Å²) in [5.74, 6) is 0. The van der Waals surface area contributed by atoms with Crippen molar-refractivity contribution in [3.05, 3.63) is 78.4 Å². The molecule has 0 spiro atoms. The lowest BCUT2D eigenvalue weighted by Gasteiger charge is -2.31. The number of pyridine rings is 1. The van der Waals surface area contributed by atoms with Crippen LogP contribution in [0.1, 0.15) is 37.3 Å². The van der Waals surface area contributed by atoms with E-state index >= 15 is 0 Å². The normalized spacial score (nSPS) is 18.9. The van der Waals surface area contributed by atoms with E-state index in [-0.39, 0.29) is 18.1 Å². The van der Waals surface area contributed by atoms with Crippen molar-refractivity contribution in [1.82, 2.24) is 19.8 Å². The van der Waals surface area contributed by atoms with E-state index in [9.17, 15) is 0 Å². The summed E-state index contributed by atoms with van der Waals surface area (Å²) in [5.41, 5.74) is 4.51. The van der Waals surface area contributed by atoms with Crippen LogP contribution in [-0.4, -0.2) is 39.7 Å². The monoisotopic (exact) mass is 405 g/mol. The highest BCUT2D eigenvalue weighted by molar-refractivity contribution is 7.80. The molecule has 29 heavy (non-hydrogen) atoms. The van der Waals surface area contributed by atoms with Crippen molar-refractivity contribution in [1.29, 1.82) is 0 Å². The number of thiocarbonyl (C=S) groups is 1. The van der Waals surface area contributed by atoms with Crippen LogP contribution in [0.4, 0.5) is 5.69 Å². The molecule has 1 saturated heterocycles. The number of hydrogen-bond donors (Lipinski definition) is 1. The maximum absolute atomic E-state index is 5.72. The molecule has 3 heterocycles. The molecule has 1 aliphatic rings. The summed E-state index contributed by atoms with van der Waals surface area (Å²) >= 11 is 5.72. The third-order valence-corrected chi connectivity index (χ3v) is 5.75. The second kappa shape index (κ2) is 7.87. The molecule has 0 bridgehead atoms. The van der Waals surface area contributed by atoms with Gasteiger partial charge in [-0.3, -0.25) is 4.98 Å². The molecule has 1 aromatic carbocycles. The fraction of sp³-hybridized carbons (Fsp3) is 0.304. The molecule has 0 radical (unpaired) electrons. The number of hydrogen-bond acceptors (Lipinski definition) is 3. The van der Waals surface area contributed by atoms with Gasteiger partial charge in [0, 0.05) is 49.6 Å². The Balaban J connectivity index is 1.79. The van der Waals surface area contributed by atoms with Crippen molar-refractivity contribution in [2.75, 3.05) is 19.0 Å². The lowest BCUT2D eigenvalue weighted by Crippen LogP contribution is -2.36. The fourth-order valence-electron chi connectivity index (χ4n) is 4.02. The van der Waals surface area contributed by atoms with Crippen LogP contribution in [0.5, 0.6) is 0 Å².